The molecule has 0 spiro atoms. The van der Waals surface area contributed by atoms with Gasteiger partial charge in [0.25, 0.3) is 0 Å². The Morgan fingerprint density at radius 2 is 1.86 bits per heavy atom. The van der Waals surface area contributed by atoms with E-state index in [1.165, 1.54) is 5.56 Å². The molecule has 0 fully saturated rings. The largest absolute Gasteiger partial charge is 0.497 e. The molecule has 1 rings (SSSR count). The maximum absolute atomic E-state index is 5.42. The van der Waals surface area contributed by atoms with Crippen molar-refractivity contribution < 1.29 is 9.47 Å². The van der Waals surface area contributed by atoms with E-state index < -0.39 is 0 Å². The summed E-state index contributed by atoms with van der Waals surface area (Å²) in [6, 6.07) is 8.54. The summed E-state index contributed by atoms with van der Waals surface area (Å²) in [5.74, 6) is 1.76. The van der Waals surface area contributed by atoms with E-state index in [1.807, 2.05) is 13.0 Å². The number of nitrogens with zero attached hydrogens (tertiary/aromatic N) is 2. The molecule has 0 aliphatic heterocycles. The zero-order valence-corrected chi connectivity index (χ0v) is 21.2. The van der Waals surface area contributed by atoms with Crippen LogP contribution in [0.25, 0.3) is 0 Å². The number of hydrogen-bond donors (Lipinski definition) is 2. The number of ether oxygens (including phenoxy) is 2. The van der Waals surface area contributed by atoms with Gasteiger partial charge in [-0.3, -0.25) is 9.89 Å². The molecular weight excluding hydrogens is 479 g/mol. The van der Waals surface area contributed by atoms with E-state index in [0.29, 0.717) is 6.54 Å². The van der Waals surface area contributed by atoms with Crippen molar-refractivity contribution in [3.05, 3.63) is 29.8 Å². The molecule has 0 bridgehead atoms. The highest BCUT2D eigenvalue weighted by Crippen LogP contribution is 2.24. The summed E-state index contributed by atoms with van der Waals surface area (Å²) < 4.78 is 10.8. The number of rotatable bonds is 14. The van der Waals surface area contributed by atoms with E-state index in [4.69, 9.17) is 14.5 Å². The van der Waals surface area contributed by atoms with Crippen LogP contribution < -0.4 is 15.4 Å². The molecule has 0 aromatic heterocycles. The summed E-state index contributed by atoms with van der Waals surface area (Å²) in [6.45, 7) is 14.5. The van der Waals surface area contributed by atoms with Crippen molar-refractivity contribution in [1.29, 1.82) is 0 Å². The number of nitrogens with one attached hydrogen (secondary N) is 2. The Morgan fingerprint density at radius 1 is 1.10 bits per heavy atom. The van der Waals surface area contributed by atoms with Gasteiger partial charge in [0.05, 0.1) is 19.7 Å². The number of unbranched alkanes of at least 4 members (excludes halogenated alkanes) is 1. The monoisotopic (exact) mass is 520 g/mol. The first-order chi connectivity index (χ1) is 13.7. The highest BCUT2D eigenvalue weighted by Gasteiger charge is 2.18. The van der Waals surface area contributed by atoms with Crippen LogP contribution >= 0.6 is 24.0 Å². The molecule has 0 aliphatic rings. The predicted octanol–water partition coefficient (Wildman–Crippen LogP) is 4.07. The van der Waals surface area contributed by atoms with E-state index in [0.717, 1.165) is 63.9 Å². The summed E-state index contributed by atoms with van der Waals surface area (Å²) in [5.41, 5.74) is 1.24. The summed E-state index contributed by atoms with van der Waals surface area (Å²) in [6.07, 6.45) is 2.13. The minimum atomic E-state index is 0. The Kier molecular flexibility index (Phi) is 17.1. The molecule has 0 aliphatic carbocycles. The third-order valence-corrected chi connectivity index (χ3v) is 4.71. The van der Waals surface area contributed by atoms with E-state index in [2.05, 4.69) is 54.5 Å². The van der Waals surface area contributed by atoms with E-state index in [9.17, 15) is 0 Å². The van der Waals surface area contributed by atoms with Gasteiger partial charge in [-0.2, -0.15) is 0 Å². The van der Waals surface area contributed by atoms with Gasteiger partial charge in [0.1, 0.15) is 5.75 Å². The number of benzene rings is 1. The molecule has 0 radical (unpaired) electrons. The molecule has 0 saturated carbocycles. The van der Waals surface area contributed by atoms with Crippen molar-refractivity contribution >= 4 is 29.9 Å². The van der Waals surface area contributed by atoms with Gasteiger partial charge in [-0.15, -0.1) is 24.0 Å². The van der Waals surface area contributed by atoms with Gasteiger partial charge in [-0.25, -0.2) is 0 Å². The van der Waals surface area contributed by atoms with Gasteiger partial charge in [0.2, 0.25) is 0 Å². The van der Waals surface area contributed by atoms with Crippen LogP contribution in [0.3, 0.4) is 0 Å². The molecule has 0 heterocycles. The number of methoxy groups -OCH3 is 1. The van der Waals surface area contributed by atoms with Crippen molar-refractivity contribution in [3.63, 3.8) is 0 Å². The first-order valence-electron chi connectivity index (χ1n) is 10.7. The zero-order valence-electron chi connectivity index (χ0n) is 18.9. The average molecular weight is 521 g/mol. The zero-order chi connectivity index (χ0) is 20.6. The molecule has 29 heavy (non-hydrogen) atoms. The average Bonchev–Trinajstić information content (AvgIpc) is 2.73. The lowest BCUT2D eigenvalue weighted by molar-refractivity contribution is 0.143. The Morgan fingerprint density at radius 3 is 2.48 bits per heavy atom. The van der Waals surface area contributed by atoms with Crippen LogP contribution in [-0.4, -0.2) is 63.9 Å². The lowest BCUT2D eigenvalue weighted by Crippen LogP contribution is -2.39. The first-order valence-corrected chi connectivity index (χ1v) is 10.7. The van der Waals surface area contributed by atoms with Crippen LogP contribution in [0, 0.1) is 0 Å². The molecule has 7 heteroatoms. The quantitative estimate of drug-likeness (QED) is 0.168. The second-order valence-corrected chi connectivity index (χ2v) is 6.56. The number of hydrogen-bond acceptors (Lipinski definition) is 4. The van der Waals surface area contributed by atoms with Gasteiger partial charge >= 0.3 is 0 Å². The summed E-state index contributed by atoms with van der Waals surface area (Å²) in [7, 11) is 1.71. The maximum Gasteiger partial charge on any atom is 0.191 e. The molecule has 1 aromatic carbocycles. The van der Waals surface area contributed by atoms with Crippen molar-refractivity contribution in [2.45, 2.75) is 46.6 Å². The summed E-state index contributed by atoms with van der Waals surface area (Å²) in [5, 5.41) is 6.80. The van der Waals surface area contributed by atoms with Crippen molar-refractivity contribution in [3.8, 4) is 5.75 Å². The Bertz CT molecular complexity index is 553. The second kappa shape index (κ2) is 17.8. The van der Waals surface area contributed by atoms with Crippen molar-refractivity contribution in [2.75, 3.05) is 53.0 Å². The number of likely N-dealkylation sites (N-methyl/N-ethyl adjacent to an activating group) is 1. The molecule has 6 nitrogen and oxygen atoms in total. The van der Waals surface area contributed by atoms with Crippen LogP contribution in [0.4, 0.5) is 0 Å². The Labute approximate surface area is 194 Å². The van der Waals surface area contributed by atoms with E-state index in [1.54, 1.807) is 7.11 Å². The molecule has 0 saturated heterocycles. The summed E-state index contributed by atoms with van der Waals surface area (Å²) >= 11 is 0. The SMILES string of the molecule is CCNC(=NCC(c1cccc(OC)c1)N(CC)CC)NCCCCOCC.I. The molecule has 0 amide bonds. The molecule has 1 atom stereocenters. The molecular formula is C22H41IN4O2. The maximum atomic E-state index is 5.42. The lowest BCUT2D eigenvalue weighted by Gasteiger charge is -2.29. The van der Waals surface area contributed by atoms with Crippen molar-refractivity contribution in [1.82, 2.24) is 15.5 Å². The van der Waals surface area contributed by atoms with Crippen LogP contribution in [0.1, 0.15) is 52.1 Å². The van der Waals surface area contributed by atoms with Crippen LogP contribution in [0.5, 0.6) is 5.75 Å². The second-order valence-electron chi connectivity index (χ2n) is 6.56. The highest BCUT2D eigenvalue weighted by molar-refractivity contribution is 14.0. The van der Waals surface area contributed by atoms with Gasteiger partial charge in [0, 0.05) is 26.3 Å². The van der Waals surface area contributed by atoms with Crippen molar-refractivity contribution in [2.24, 2.45) is 4.99 Å². The Hall–Kier alpha value is -1.06. The number of halogens is 1. The van der Waals surface area contributed by atoms with Gasteiger partial charge < -0.3 is 20.1 Å². The van der Waals surface area contributed by atoms with E-state index >= 15 is 0 Å². The Balaban J connectivity index is 0.00000784. The fourth-order valence-corrected chi connectivity index (χ4v) is 3.14. The fourth-order valence-electron chi connectivity index (χ4n) is 3.14. The highest BCUT2D eigenvalue weighted by atomic mass is 127. The number of guanidine groups is 1. The third kappa shape index (κ3) is 11.1. The molecule has 168 valence electrons. The van der Waals surface area contributed by atoms with Gasteiger partial charge in [-0.1, -0.05) is 26.0 Å². The first kappa shape index (κ1) is 27.9. The van der Waals surface area contributed by atoms with Crippen LogP contribution in [-0.2, 0) is 4.74 Å². The van der Waals surface area contributed by atoms with E-state index in [-0.39, 0.29) is 30.0 Å². The predicted molar refractivity (Wildman–Crippen MR) is 134 cm³/mol. The summed E-state index contributed by atoms with van der Waals surface area (Å²) in [4.78, 5) is 7.31. The van der Waals surface area contributed by atoms with Gasteiger partial charge in [0.15, 0.2) is 5.96 Å². The lowest BCUT2D eigenvalue weighted by atomic mass is 10.0. The molecule has 1 unspecified atom stereocenters. The third-order valence-electron chi connectivity index (χ3n) is 4.71. The topological polar surface area (TPSA) is 58.1 Å². The fraction of sp³-hybridized carbons (Fsp3) is 0.682. The minimum absolute atomic E-state index is 0. The van der Waals surface area contributed by atoms with Gasteiger partial charge in [-0.05, 0) is 57.5 Å². The molecule has 2 N–H and O–H groups in total. The minimum Gasteiger partial charge on any atom is -0.497 e. The number of aliphatic imine (C=N–C) groups is 1. The van der Waals surface area contributed by atoms with Crippen LogP contribution in [0.15, 0.2) is 29.3 Å². The normalized spacial score (nSPS) is 12.4. The van der Waals surface area contributed by atoms with Crippen LogP contribution in [0.2, 0.25) is 0 Å². The molecule has 1 aromatic rings. The smallest absolute Gasteiger partial charge is 0.191 e. The standard InChI is InChI=1S/C22H40N4O2.HI/c1-6-23-22(24-15-10-11-16-28-9-4)25-18-21(26(7-2)8-3)19-13-12-14-20(17-19)27-5;/h12-14,17,21H,6-11,15-16,18H2,1-5H3,(H2,23,24,25);1H.